The van der Waals surface area contributed by atoms with Crippen LogP contribution in [0.4, 0.5) is 0 Å². The first-order valence-electron chi connectivity index (χ1n) is 8.34. The molecule has 1 unspecified atom stereocenters. The third-order valence-electron chi connectivity index (χ3n) is 3.86. The van der Waals surface area contributed by atoms with E-state index in [2.05, 4.69) is 17.4 Å². The fourth-order valence-electron chi connectivity index (χ4n) is 2.44. The number of amides is 1. The van der Waals surface area contributed by atoms with Crippen molar-refractivity contribution in [1.82, 2.24) is 5.32 Å². The zero-order valence-electron chi connectivity index (χ0n) is 14.2. The Morgan fingerprint density at radius 2 is 1.96 bits per heavy atom. The Morgan fingerprint density at radius 3 is 2.62 bits per heavy atom. The molecule has 0 spiro atoms. The molecule has 1 atom stereocenters. The van der Waals surface area contributed by atoms with Crippen molar-refractivity contribution < 1.29 is 9.53 Å². The van der Waals surface area contributed by atoms with Gasteiger partial charge in [-0.05, 0) is 55.5 Å². The summed E-state index contributed by atoms with van der Waals surface area (Å²) in [5.41, 5.74) is 2.22. The van der Waals surface area contributed by atoms with E-state index in [1.807, 2.05) is 38.1 Å². The number of carbonyl (C=O) groups is 1. The number of nitrogens with one attached hydrogen (secondary N) is 1. The zero-order valence-corrected chi connectivity index (χ0v) is 15.0. The summed E-state index contributed by atoms with van der Waals surface area (Å²) < 4.78 is 5.81. The second kappa shape index (κ2) is 9.33. The van der Waals surface area contributed by atoms with Crippen LogP contribution in [0.3, 0.4) is 0 Å². The Kier molecular flexibility index (Phi) is 7.13. The summed E-state index contributed by atoms with van der Waals surface area (Å²) in [6.45, 7) is 4.50. The molecule has 0 radical (unpaired) electrons. The summed E-state index contributed by atoms with van der Waals surface area (Å²) in [6.07, 6.45) is 2.00. The summed E-state index contributed by atoms with van der Waals surface area (Å²) in [7, 11) is 0. The largest absolute Gasteiger partial charge is 0.481 e. The third-order valence-corrected chi connectivity index (χ3v) is 4.28. The lowest BCUT2D eigenvalue weighted by molar-refractivity contribution is -0.128. The molecule has 0 aliphatic carbocycles. The fourth-order valence-corrected chi connectivity index (χ4v) is 2.56. The van der Waals surface area contributed by atoms with Gasteiger partial charge < -0.3 is 10.1 Å². The molecule has 0 bridgehead atoms. The predicted octanol–water partition coefficient (Wildman–Crippen LogP) is 4.55. The van der Waals surface area contributed by atoms with Gasteiger partial charge in [-0.25, -0.2) is 0 Å². The lowest BCUT2D eigenvalue weighted by Crippen LogP contribution is -2.38. The zero-order chi connectivity index (χ0) is 17.4. The van der Waals surface area contributed by atoms with E-state index in [9.17, 15) is 4.79 Å². The number of aryl methyl sites for hydroxylation is 2. The molecule has 0 saturated heterocycles. The second-order valence-corrected chi connectivity index (χ2v) is 6.21. The Balaban J connectivity index is 1.79. The van der Waals surface area contributed by atoms with Gasteiger partial charge in [0.05, 0.1) is 0 Å². The number of carbonyl (C=O) groups excluding carboxylic acids is 1. The summed E-state index contributed by atoms with van der Waals surface area (Å²) in [5, 5.41) is 3.66. The molecule has 0 fully saturated rings. The van der Waals surface area contributed by atoms with E-state index in [1.54, 1.807) is 12.1 Å². The maximum atomic E-state index is 12.3. The predicted molar refractivity (Wildman–Crippen MR) is 98.7 cm³/mol. The van der Waals surface area contributed by atoms with E-state index in [0.717, 1.165) is 18.4 Å². The van der Waals surface area contributed by atoms with Gasteiger partial charge in [-0.1, -0.05) is 48.9 Å². The van der Waals surface area contributed by atoms with Crippen LogP contribution in [0.1, 0.15) is 30.9 Å². The van der Waals surface area contributed by atoms with Crippen LogP contribution < -0.4 is 10.1 Å². The lowest BCUT2D eigenvalue weighted by atomic mass is 10.1. The standard InChI is InChI=1S/C20H24ClNO2/c1-3-19(24-17-11-12-18(21)15(2)14-17)20(23)22-13-7-10-16-8-5-4-6-9-16/h4-6,8-9,11-12,14,19H,3,7,10,13H2,1-2H3,(H,22,23). The molecule has 0 aliphatic heterocycles. The summed E-state index contributed by atoms with van der Waals surface area (Å²) in [4.78, 5) is 12.3. The molecule has 0 saturated carbocycles. The first-order valence-corrected chi connectivity index (χ1v) is 8.72. The molecule has 128 valence electrons. The number of hydrogen-bond donors (Lipinski definition) is 1. The normalized spacial score (nSPS) is 11.8. The molecular formula is C20H24ClNO2. The maximum Gasteiger partial charge on any atom is 0.261 e. The molecule has 4 heteroatoms. The minimum absolute atomic E-state index is 0.0711. The molecule has 0 aliphatic rings. The molecule has 24 heavy (non-hydrogen) atoms. The quantitative estimate of drug-likeness (QED) is 0.712. The van der Waals surface area contributed by atoms with Crippen LogP contribution >= 0.6 is 11.6 Å². The van der Waals surface area contributed by atoms with Crippen molar-refractivity contribution in [3.8, 4) is 5.75 Å². The average Bonchev–Trinajstić information content (AvgIpc) is 2.60. The van der Waals surface area contributed by atoms with Gasteiger partial charge >= 0.3 is 0 Å². The number of hydrogen-bond acceptors (Lipinski definition) is 2. The summed E-state index contributed by atoms with van der Waals surface area (Å²) in [5.74, 6) is 0.598. The van der Waals surface area contributed by atoms with Gasteiger partial charge in [-0.3, -0.25) is 4.79 Å². The molecule has 1 amide bonds. The highest BCUT2D eigenvalue weighted by atomic mass is 35.5. The number of halogens is 1. The highest BCUT2D eigenvalue weighted by Crippen LogP contribution is 2.22. The highest BCUT2D eigenvalue weighted by Gasteiger charge is 2.18. The SMILES string of the molecule is CCC(Oc1ccc(Cl)c(C)c1)C(=O)NCCCc1ccccc1. The first-order chi connectivity index (χ1) is 11.6. The topological polar surface area (TPSA) is 38.3 Å². The van der Waals surface area contributed by atoms with Crippen molar-refractivity contribution in [3.05, 3.63) is 64.7 Å². The van der Waals surface area contributed by atoms with Crippen LogP contribution in [0.2, 0.25) is 5.02 Å². The van der Waals surface area contributed by atoms with E-state index in [0.29, 0.717) is 23.7 Å². The molecule has 3 nitrogen and oxygen atoms in total. The Morgan fingerprint density at radius 1 is 1.21 bits per heavy atom. The van der Waals surface area contributed by atoms with Gasteiger partial charge in [0.2, 0.25) is 0 Å². The van der Waals surface area contributed by atoms with Gasteiger partial charge in [0.25, 0.3) is 5.91 Å². The van der Waals surface area contributed by atoms with Crippen LogP contribution in [-0.4, -0.2) is 18.6 Å². The lowest BCUT2D eigenvalue weighted by Gasteiger charge is -2.18. The van der Waals surface area contributed by atoms with E-state index >= 15 is 0 Å². The molecule has 2 aromatic rings. The Bertz CT molecular complexity index is 658. The van der Waals surface area contributed by atoms with Crippen molar-refractivity contribution in [2.75, 3.05) is 6.54 Å². The van der Waals surface area contributed by atoms with Crippen LogP contribution in [-0.2, 0) is 11.2 Å². The molecule has 1 N–H and O–H groups in total. The monoisotopic (exact) mass is 345 g/mol. The fraction of sp³-hybridized carbons (Fsp3) is 0.350. The van der Waals surface area contributed by atoms with Crippen molar-refractivity contribution in [2.24, 2.45) is 0 Å². The van der Waals surface area contributed by atoms with Crippen molar-refractivity contribution in [1.29, 1.82) is 0 Å². The van der Waals surface area contributed by atoms with E-state index in [4.69, 9.17) is 16.3 Å². The third kappa shape index (κ3) is 5.57. The molecular weight excluding hydrogens is 322 g/mol. The van der Waals surface area contributed by atoms with Gasteiger partial charge in [0, 0.05) is 11.6 Å². The summed E-state index contributed by atoms with van der Waals surface area (Å²) >= 11 is 6.01. The number of rotatable bonds is 8. The van der Waals surface area contributed by atoms with E-state index in [1.165, 1.54) is 5.56 Å². The van der Waals surface area contributed by atoms with E-state index in [-0.39, 0.29) is 5.91 Å². The smallest absolute Gasteiger partial charge is 0.261 e. The Hall–Kier alpha value is -2.00. The highest BCUT2D eigenvalue weighted by molar-refractivity contribution is 6.31. The van der Waals surface area contributed by atoms with Gasteiger partial charge in [-0.15, -0.1) is 0 Å². The van der Waals surface area contributed by atoms with Crippen LogP contribution in [0.5, 0.6) is 5.75 Å². The number of ether oxygens (including phenoxy) is 1. The minimum atomic E-state index is -0.484. The van der Waals surface area contributed by atoms with Crippen LogP contribution in [0.25, 0.3) is 0 Å². The van der Waals surface area contributed by atoms with Crippen molar-refractivity contribution >= 4 is 17.5 Å². The average molecular weight is 346 g/mol. The maximum absolute atomic E-state index is 12.3. The van der Waals surface area contributed by atoms with Gasteiger partial charge in [0.15, 0.2) is 6.10 Å². The minimum Gasteiger partial charge on any atom is -0.481 e. The number of benzene rings is 2. The van der Waals surface area contributed by atoms with Crippen LogP contribution in [0, 0.1) is 6.92 Å². The molecule has 0 heterocycles. The molecule has 0 aromatic heterocycles. The first kappa shape index (κ1) is 18.3. The van der Waals surface area contributed by atoms with Crippen molar-refractivity contribution in [2.45, 2.75) is 39.2 Å². The van der Waals surface area contributed by atoms with Crippen LogP contribution in [0.15, 0.2) is 48.5 Å². The molecule has 2 aromatic carbocycles. The van der Waals surface area contributed by atoms with Crippen molar-refractivity contribution in [3.63, 3.8) is 0 Å². The molecule has 2 rings (SSSR count). The Labute approximate surface area is 149 Å². The summed E-state index contributed by atoms with van der Waals surface area (Å²) in [6, 6.07) is 15.7. The second-order valence-electron chi connectivity index (χ2n) is 5.81. The van der Waals surface area contributed by atoms with Gasteiger partial charge in [-0.2, -0.15) is 0 Å². The van der Waals surface area contributed by atoms with E-state index < -0.39 is 6.10 Å². The van der Waals surface area contributed by atoms with Gasteiger partial charge in [0.1, 0.15) is 5.75 Å².